The van der Waals surface area contributed by atoms with Crippen LogP contribution in [0, 0.1) is 0 Å². The molecule has 0 saturated carbocycles. The summed E-state index contributed by atoms with van der Waals surface area (Å²) in [6.07, 6.45) is -0.634. The van der Waals surface area contributed by atoms with Crippen LogP contribution in [0.1, 0.15) is 23.2 Å². The van der Waals surface area contributed by atoms with Crippen molar-refractivity contribution in [1.82, 2.24) is 0 Å². The molecule has 7 nitrogen and oxygen atoms in total. The van der Waals surface area contributed by atoms with Gasteiger partial charge in [-0.3, -0.25) is 9.59 Å². The third kappa shape index (κ3) is 4.30. The highest BCUT2D eigenvalue weighted by atomic mass is 16.5. The predicted molar refractivity (Wildman–Crippen MR) is 62.0 cm³/mol. The molecule has 0 aliphatic carbocycles. The summed E-state index contributed by atoms with van der Waals surface area (Å²) in [7, 11) is 1.15. The Bertz CT molecular complexity index is 507. The lowest BCUT2D eigenvalue weighted by molar-refractivity contribution is -0.142. The zero-order valence-corrected chi connectivity index (χ0v) is 10.1. The Hall–Kier alpha value is -2.57. The summed E-state index contributed by atoms with van der Waals surface area (Å²) < 4.78 is 9.27. The average Bonchev–Trinajstić information content (AvgIpc) is 2.37. The van der Waals surface area contributed by atoms with Crippen LogP contribution >= 0.6 is 0 Å². The van der Waals surface area contributed by atoms with Gasteiger partial charge in [-0.25, -0.2) is 4.79 Å². The van der Waals surface area contributed by atoms with Gasteiger partial charge in [-0.05, 0) is 18.2 Å². The Balaban J connectivity index is 2.77. The Labute approximate surface area is 108 Å². The number of hydrogen-bond acceptors (Lipinski definition) is 6. The van der Waals surface area contributed by atoms with Gasteiger partial charge in [0.05, 0.1) is 20.0 Å². The molecule has 0 amide bonds. The van der Waals surface area contributed by atoms with Crippen LogP contribution in [0.4, 0.5) is 0 Å². The molecule has 19 heavy (non-hydrogen) atoms. The number of phenolic OH excluding ortho intramolecular Hbond substituents is 1. The molecule has 7 heteroatoms. The number of carbonyl (C=O) groups excluding carboxylic acids is 2. The van der Waals surface area contributed by atoms with Gasteiger partial charge in [-0.15, -0.1) is 0 Å². The second-order valence-electron chi connectivity index (χ2n) is 3.54. The van der Waals surface area contributed by atoms with Crippen molar-refractivity contribution in [2.45, 2.75) is 12.8 Å². The fraction of sp³-hybridized carbons (Fsp3) is 0.250. The number of benzene rings is 1. The molecule has 0 unspecified atom stereocenters. The van der Waals surface area contributed by atoms with Gasteiger partial charge in [0.1, 0.15) is 17.1 Å². The van der Waals surface area contributed by atoms with Crippen LogP contribution in [0.15, 0.2) is 18.2 Å². The van der Waals surface area contributed by atoms with E-state index >= 15 is 0 Å². The maximum atomic E-state index is 11.3. The molecule has 0 bridgehead atoms. The first-order valence-electron chi connectivity index (χ1n) is 5.28. The van der Waals surface area contributed by atoms with Crippen LogP contribution in [0.3, 0.4) is 0 Å². The summed E-state index contributed by atoms with van der Waals surface area (Å²) in [5, 5.41) is 17.8. The Morgan fingerprint density at radius 2 is 1.89 bits per heavy atom. The average molecular weight is 268 g/mol. The van der Waals surface area contributed by atoms with E-state index < -0.39 is 17.9 Å². The number of aromatic hydroxyl groups is 1. The van der Waals surface area contributed by atoms with Crippen LogP contribution in [0.5, 0.6) is 11.5 Å². The summed E-state index contributed by atoms with van der Waals surface area (Å²) in [4.78, 5) is 32.9. The minimum absolute atomic E-state index is 0.0218. The lowest BCUT2D eigenvalue weighted by Crippen LogP contribution is -2.11. The summed E-state index contributed by atoms with van der Waals surface area (Å²) in [5.74, 6) is -2.92. The highest BCUT2D eigenvalue weighted by Gasteiger charge is 2.14. The van der Waals surface area contributed by atoms with Gasteiger partial charge < -0.3 is 19.7 Å². The summed E-state index contributed by atoms with van der Waals surface area (Å²) in [6, 6.07) is 3.59. The number of carboxylic acids is 1. The first-order valence-corrected chi connectivity index (χ1v) is 5.28. The molecule has 0 aromatic heterocycles. The summed E-state index contributed by atoms with van der Waals surface area (Å²) in [6.45, 7) is 0. The molecule has 0 aliphatic heterocycles. The molecule has 0 spiro atoms. The molecule has 0 aliphatic rings. The largest absolute Gasteiger partial charge is 0.507 e. The van der Waals surface area contributed by atoms with Gasteiger partial charge >= 0.3 is 17.9 Å². The zero-order chi connectivity index (χ0) is 14.4. The van der Waals surface area contributed by atoms with Gasteiger partial charge in [-0.2, -0.15) is 0 Å². The van der Waals surface area contributed by atoms with E-state index in [-0.39, 0.29) is 29.9 Å². The van der Waals surface area contributed by atoms with Crippen molar-refractivity contribution < 1.29 is 34.1 Å². The van der Waals surface area contributed by atoms with Crippen LogP contribution < -0.4 is 4.74 Å². The predicted octanol–water partition coefficient (Wildman–Crippen LogP) is 0.949. The maximum Gasteiger partial charge on any atom is 0.341 e. The highest BCUT2D eigenvalue weighted by Crippen LogP contribution is 2.24. The molecule has 0 heterocycles. The number of phenols is 1. The fourth-order valence-electron chi connectivity index (χ4n) is 1.24. The summed E-state index contributed by atoms with van der Waals surface area (Å²) >= 11 is 0. The second kappa shape index (κ2) is 6.39. The number of ether oxygens (including phenoxy) is 2. The van der Waals surface area contributed by atoms with Crippen LogP contribution in [-0.4, -0.2) is 35.2 Å². The summed E-state index contributed by atoms with van der Waals surface area (Å²) in [5.41, 5.74) is -0.147. The Morgan fingerprint density at radius 3 is 2.47 bits per heavy atom. The minimum Gasteiger partial charge on any atom is -0.507 e. The number of methoxy groups -OCH3 is 1. The third-order valence-corrected chi connectivity index (χ3v) is 2.15. The van der Waals surface area contributed by atoms with Crippen LogP contribution in [0.25, 0.3) is 0 Å². The Morgan fingerprint density at radius 1 is 1.21 bits per heavy atom. The van der Waals surface area contributed by atoms with E-state index in [0.717, 1.165) is 13.2 Å². The zero-order valence-electron chi connectivity index (χ0n) is 10.1. The molecular formula is C12H12O7. The van der Waals surface area contributed by atoms with E-state index in [1.54, 1.807) is 0 Å². The quantitative estimate of drug-likeness (QED) is 0.604. The molecule has 1 rings (SSSR count). The van der Waals surface area contributed by atoms with E-state index in [0.29, 0.717) is 0 Å². The third-order valence-electron chi connectivity index (χ3n) is 2.15. The molecule has 0 saturated heterocycles. The second-order valence-corrected chi connectivity index (χ2v) is 3.54. The van der Waals surface area contributed by atoms with Gasteiger partial charge in [0, 0.05) is 0 Å². The van der Waals surface area contributed by atoms with Crippen molar-refractivity contribution in [3.8, 4) is 11.5 Å². The van der Waals surface area contributed by atoms with Crippen LogP contribution in [-0.2, 0) is 14.3 Å². The fourth-order valence-corrected chi connectivity index (χ4v) is 1.24. The monoisotopic (exact) mass is 268 g/mol. The SMILES string of the molecule is COC(=O)c1cc(OC(=O)CCC(=O)O)ccc1O. The topological polar surface area (TPSA) is 110 Å². The number of carboxylic acid groups (broad SMARTS) is 1. The first-order chi connectivity index (χ1) is 8.93. The van der Waals surface area contributed by atoms with Crippen molar-refractivity contribution in [3.05, 3.63) is 23.8 Å². The minimum atomic E-state index is -1.11. The smallest absolute Gasteiger partial charge is 0.341 e. The highest BCUT2D eigenvalue weighted by molar-refractivity contribution is 5.93. The molecule has 1 aromatic carbocycles. The molecule has 0 fully saturated rings. The van der Waals surface area contributed by atoms with Gasteiger partial charge in [0.25, 0.3) is 0 Å². The number of hydrogen-bond donors (Lipinski definition) is 2. The van der Waals surface area contributed by atoms with Crippen molar-refractivity contribution in [2.75, 3.05) is 7.11 Å². The van der Waals surface area contributed by atoms with E-state index in [4.69, 9.17) is 9.84 Å². The molecule has 102 valence electrons. The van der Waals surface area contributed by atoms with E-state index in [1.165, 1.54) is 12.1 Å². The molecule has 0 atom stereocenters. The van der Waals surface area contributed by atoms with Gasteiger partial charge in [0.2, 0.25) is 0 Å². The van der Waals surface area contributed by atoms with E-state index in [2.05, 4.69) is 4.74 Å². The van der Waals surface area contributed by atoms with E-state index in [9.17, 15) is 19.5 Å². The lowest BCUT2D eigenvalue weighted by Gasteiger charge is -2.06. The molecule has 1 aromatic rings. The van der Waals surface area contributed by atoms with Gasteiger partial charge in [-0.1, -0.05) is 0 Å². The lowest BCUT2D eigenvalue weighted by atomic mass is 10.2. The number of esters is 2. The van der Waals surface area contributed by atoms with Crippen molar-refractivity contribution in [1.29, 1.82) is 0 Å². The maximum absolute atomic E-state index is 11.3. The molecular weight excluding hydrogens is 256 g/mol. The van der Waals surface area contributed by atoms with Crippen LogP contribution in [0.2, 0.25) is 0 Å². The van der Waals surface area contributed by atoms with Crippen molar-refractivity contribution >= 4 is 17.9 Å². The normalized spacial score (nSPS) is 9.74. The number of rotatable bonds is 5. The molecule has 2 N–H and O–H groups in total. The standard InChI is InChI=1S/C12H12O7/c1-18-12(17)8-6-7(2-3-9(8)13)19-11(16)5-4-10(14)15/h2-3,6,13H,4-5H2,1H3,(H,14,15). The van der Waals surface area contributed by atoms with E-state index in [1.807, 2.05) is 0 Å². The number of aliphatic carboxylic acids is 1. The number of carbonyl (C=O) groups is 3. The first kappa shape index (κ1) is 14.5. The van der Waals surface area contributed by atoms with Crippen molar-refractivity contribution in [3.63, 3.8) is 0 Å². The van der Waals surface area contributed by atoms with Crippen molar-refractivity contribution in [2.24, 2.45) is 0 Å². The molecule has 0 radical (unpaired) electrons. The Kier molecular flexibility index (Phi) is 4.87. The van der Waals surface area contributed by atoms with Gasteiger partial charge in [0.15, 0.2) is 0 Å².